The number of para-hydroxylation sites is 2. The van der Waals surface area contributed by atoms with Crippen LogP contribution in [0, 0.1) is 6.92 Å². The molecule has 0 saturated carbocycles. The number of nitrogens with zero attached hydrogens (tertiary/aromatic N) is 2. The first-order valence-electron chi connectivity index (χ1n) is 12.3. The van der Waals surface area contributed by atoms with Gasteiger partial charge >= 0.3 is 0 Å². The van der Waals surface area contributed by atoms with Crippen molar-refractivity contribution in [2.45, 2.75) is 13.8 Å². The first-order chi connectivity index (χ1) is 18.6. The number of aldehydes is 2. The van der Waals surface area contributed by atoms with E-state index in [1.54, 1.807) is 18.2 Å². The Morgan fingerprint density at radius 2 is 1.45 bits per heavy atom. The van der Waals surface area contributed by atoms with Gasteiger partial charge in [-0.2, -0.15) is 4.99 Å². The molecule has 0 atom stereocenters. The Morgan fingerprint density at radius 1 is 0.842 bits per heavy atom. The van der Waals surface area contributed by atoms with E-state index >= 15 is 0 Å². The summed E-state index contributed by atoms with van der Waals surface area (Å²) in [7, 11) is 0. The number of carbonyl (C=O) groups is 2. The van der Waals surface area contributed by atoms with E-state index in [9.17, 15) is 9.59 Å². The number of aryl methyl sites for hydroxylation is 1. The van der Waals surface area contributed by atoms with Crippen LogP contribution in [-0.4, -0.2) is 25.1 Å². The van der Waals surface area contributed by atoms with Crippen molar-refractivity contribution in [3.8, 4) is 0 Å². The number of aliphatic imine (C=N–C) groups is 1. The third-order valence-electron chi connectivity index (χ3n) is 5.68. The monoisotopic (exact) mass is 503 g/mol. The molecule has 0 aliphatic heterocycles. The van der Waals surface area contributed by atoms with Gasteiger partial charge in [0.2, 0.25) is 0 Å². The lowest BCUT2D eigenvalue weighted by Crippen LogP contribution is -2.25. The van der Waals surface area contributed by atoms with Crippen molar-refractivity contribution in [2.75, 3.05) is 11.4 Å². The lowest BCUT2D eigenvalue weighted by Gasteiger charge is -2.25. The molecule has 0 heterocycles. The van der Waals surface area contributed by atoms with Gasteiger partial charge in [0.15, 0.2) is 18.3 Å². The van der Waals surface area contributed by atoms with Crippen molar-refractivity contribution in [1.82, 2.24) is 5.32 Å². The number of hydrogen-bond acceptors (Lipinski definition) is 5. The molecule has 0 radical (unpaired) electrons. The van der Waals surface area contributed by atoms with Gasteiger partial charge in [0.05, 0.1) is 5.69 Å². The molecule has 4 rings (SSSR count). The Balaban J connectivity index is 1.61. The predicted molar refractivity (Wildman–Crippen MR) is 154 cm³/mol. The first kappa shape index (κ1) is 26.1. The highest BCUT2D eigenvalue weighted by Gasteiger charge is 2.12. The molecule has 1 N–H and O–H groups in total. The highest BCUT2D eigenvalue weighted by Crippen LogP contribution is 2.34. The average molecular weight is 504 g/mol. The molecule has 0 fully saturated rings. The van der Waals surface area contributed by atoms with Crippen molar-refractivity contribution in [1.29, 1.82) is 0 Å². The van der Waals surface area contributed by atoms with E-state index in [4.69, 9.17) is 4.74 Å². The third-order valence-corrected chi connectivity index (χ3v) is 5.68. The maximum absolute atomic E-state index is 11.9. The van der Waals surface area contributed by atoms with Gasteiger partial charge in [-0.15, -0.1) is 0 Å². The lowest BCUT2D eigenvalue weighted by molar-refractivity contribution is -0.106. The number of amidine groups is 1. The minimum Gasteiger partial charge on any atom is -0.422 e. The molecule has 0 saturated heterocycles. The van der Waals surface area contributed by atoms with Crippen LogP contribution in [0.25, 0.3) is 6.08 Å². The van der Waals surface area contributed by atoms with Crippen molar-refractivity contribution in [3.05, 3.63) is 126 Å². The maximum atomic E-state index is 11.9. The summed E-state index contributed by atoms with van der Waals surface area (Å²) in [6.45, 7) is 4.33. The van der Waals surface area contributed by atoms with Gasteiger partial charge in [-0.25, -0.2) is 0 Å². The molecule has 0 aliphatic carbocycles. The second-order valence-corrected chi connectivity index (χ2v) is 8.49. The molecule has 0 unspecified atom stereocenters. The summed E-state index contributed by atoms with van der Waals surface area (Å²) in [5.41, 5.74) is 5.69. The molecule has 0 bridgehead atoms. The highest BCUT2D eigenvalue weighted by molar-refractivity contribution is 5.90. The van der Waals surface area contributed by atoms with Gasteiger partial charge in [-0.1, -0.05) is 54.6 Å². The zero-order valence-corrected chi connectivity index (χ0v) is 21.4. The molecule has 0 aliphatic rings. The lowest BCUT2D eigenvalue weighted by atomic mass is 10.1. The Morgan fingerprint density at radius 3 is 2.00 bits per heavy atom. The van der Waals surface area contributed by atoms with Crippen molar-refractivity contribution in [3.63, 3.8) is 0 Å². The van der Waals surface area contributed by atoms with Crippen LogP contribution < -0.4 is 10.2 Å². The number of hydrogen-bond donors (Lipinski definition) is 1. The van der Waals surface area contributed by atoms with Crippen LogP contribution >= 0.6 is 0 Å². The van der Waals surface area contributed by atoms with Crippen molar-refractivity contribution >= 4 is 47.4 Å². The van der Waals surface area contributed by atoms with E-state index in [1.807, 2.05) is 80.6 Å². The van der Waals surface area contributed by atoms with E-state index in [1.165, 1.54) is 0 Å². The Bertz CT molecular complexity index is 1390. The molecule has 4 aromatic carbocycles. The van der Waals surface area contributed by atoms with Gasteiger partial charge in [0.1, 0.15) is 0 Å². The maximum Gasteiger partial charge on any atom is 0.295 e. The summed E-state index contributed by atoms with van der Waals surface area (Å²) in [6, 6.07) is 33.6. The van der Waals surface area contributed by atoms with Crippen LogP contribution in [0.1, 0.15) is 28.4 Å². The minimum atomic E-state index is 0.0840. The van der Waals surface area contributed by atoms with Crippen LogP contribution in [0.4, 0.5) is 22.7 Å². The summed E-state index contributed by atoms with van der Waals surface area (Å²) >= 11 is 0. The van der Waals surface area contributed by atoms with Gasteiger partial charge in [-0.05, 0) is 79.6 Å². The second-order valence-electron chi connectivity index (χ2n) is 8.49. The molecule has 38 heavy (non-hydrogen) atoms. The summed E-state index contributed by atoms with van der Waals surface area (Å²) in [5.74, 6) is 0.0840. The number of carbonyl (C=O) groups excluding carboxylic acids is 2. The molecular weight excluding hydrogens is 474 g/mol. The molecular formula is C32H29N3O3. The molecule has 6 nitrogen and oxygen atoms in total. The molecule has 190 valence electrons. The molecule has 0 aromatic heterocycles. The summed E-state index contributed by atoms with van der Waals surface area (Å²) in [6.07, 6.45) is 3.03. The normalized spacial score (nSPS) is 11.5. The zero-order chi connectivity index (χ0) is 26.7. The molecule has 4 aromatic rings. The topological polar surface area (TPSA) is 71.0 Å². The van der Waals surface area contributed by atoms with Crippen molar-refractivity contribution < 1.29 is 14.3 Å². The standard InChI is InChI=1S/C32H29N3O3/c1-3-33-32(34-31-20-24(2)14-17-26(31)22-36)38-30(23-37)21-25-15-18-29(19-16-25)35(27-10-6-4-7-11-27)28-12-8-5-9-13-28/h4-23H,3H2,1-2H3,(H,33,34)/b30-21+. The Labute approximate surface area is 222 Å². The Hall–Kier alpha value is -4.97. The fourth-order valence-electron chi connectivity index (χ4n) is 3.89. The SMILES string of the molecule is CCN/C(=N\c1cc(C)ccc1C=O)O/C(C=O)=C/c1ccc(N(c2ccccc2)c2ccccc2)cc1. The molecule has 0 spiro atoms. The largest absolute Gasteiger partial charge is 0.422 e. The minimum absolute atomic E-state index is 0.0840. The fourth-order valence-corrected chi connectivity index (χ4v) is 3.89. The smallest absolute Gasteiger partial charge is 0.295 e. The van der Waals surface area contributed by atoms with E-state index in [0.29, 0.717) is 24.1 Å². The van der Waals surface area contributed by atoms with E-state index < -0.39 is 0 Å². The number of allylic oxidation sites excluding steroid dienone is 1. The fraction of sp³-hybridized carbons (Fsp3) is 0.0938. The van der Waals surface area contributed by atoms with Gasteiger partial charge in [-0.3, -0.25) is 9.59 Å². The predicted octanol–water partition coefficient (Wildman–Crippen LogP) is 7.13. The van der Waals surface area contributed by atoms with E-state index in [2.05, 4.69) is 39.5 Å². The van der Waals surface area contributed by atoms with Crippen LogP contribution in [0.3, 0.4) is 0 Å². The highest BCUT2D eigenvalue weighted by atomic mass is 16.5. The number of ether oxygens (including phenoxy) is 1. The average Bonchev–Trinajstić information content (AvgIpc) is 2.95. The van der Waals surface area contributed by atoms with Crippen LogP contribution in [-0.2, 0) is 9.53 Å². The Kier molecular flexibility index (Phi) is 8.81. The summed E-state index contributed by atoms with van der Waals surface area (Å²) in [4.78, 5) is 30.0. The quantitative estimate of drug-likeness (QED) is 0.0865. The summed E-state index contributed by atoms with van der Waals surface area (Å²) < 4.78 is 5.81. The van der Waals surface area contributed by atoms with Gasteiger partial charge < -0.3 is 15.0 Å². The van der Waals surface area contributed by atoms with Crippen LogP contribution in [0.5, 0.6) is 0 Å². The number of rotatable bonds is 9. The first-order valence-corrected chi connectivity index (χ1v) is 12.3. The van der Waals surface area contributed by atoms with Gasteiger partial charge in [0.25, 0.3) is 6.02 Å². The third kappa shape index (κ3) is 6.62. The van der Waals surface area contributed by atoms with E-state index in [0.717, 1.165) is 34.5 Å². The number of nitrogens with one attached hydrogen (secondary N) is 1. The van der Waals surface area contributed by atoms with Crippen molar-refractivity contribution in [2.24, 2.45) is 4.99 Å². The number of benzene rings is 4. The zero-order valence-electron chi connectivity index (χ0n) is 21.4. The summed E-state index contributed by atoms with van der Waals surface area (Å²) in [5, 5.41) is 3.02. The second kappa shape index (κ2) is 12.8. The van der Waals surface area contributed by atoms with Crippen LogP contribution in [0.2, 0.25) is 0 Å². The van der Waals surface area contributed by atoms with Crippen LogP contribution in [0.15, 0.2) is 114 Å². The van der Waals surface area contributed by atoms with Gasteiger partial charge in [0, 0.05) is 29.2 Å². The van der Waals surface area contributed by atoms with E-state index in [-0.39, 0.29) is 11.8 Å². The molecule has 6 heteroatoms. The molecule has 0 amide bonds. The number of anilines is 3.